The summed E-state index contributed by atoms with van der Waals surface area (Å²) in [4.78, 5) is 0. The number of amidine groups is 2. The van der Waals surface area contributed by atoms with Crippen molar-refractivity contribution in [1.82, 2.24) is 10.6 Å². The summed E-state index contributed by atoms with van der Waals surface area (Å²) in [6.45, 7) is 1.07. The minimum absolute atomic E-state index is 0.484. The number of rotatable bonds is 4. The molecule has 24 heavy (non-hydrogen) atoms. The molecule has 3 rings (SSSR count). The maximum atomic E-state index is 11.6. The summed E-state index contributed by atoms with van der Waals surface area (Å²) in [5, 5.41) is 7.66. The van der Waals surface area contributed by atoms with Crippen molar-refractivity contribution in [2.45, 2.75) is 13.1 Å². The Kier molecular flexibility index (Phi) is 5.50. The fourth-order valence-electron chi connectivity index (χ4n) is 2.07. The van der Waals surface area contributed by atoms with E-state index in [1.807, 2.05) is 48.5 Å². The zero-order valence-electron chi connectivity index (χ0n) is 12.5. The van der Waals surface area contributed by atoms with Crippen LogP contribution in [0.1, 0.15) is 11.1 Å². The summed E-state index contributed by atoms with van der Waals surface area (Å²) >= 11 is 10.1. The molecule has 0 fully saturated rings. The van der Waals surface area contributed by atoms with Gasteiger partial charge >= 0.3 is 0 Å². The molecule has 0 spiro atoms. The van der Waals surface area contributed by atoms with Crippen molar-refractivity contribution >= 4 is 46.0 Å². The molecule has 8 heteroatoms. The lowest BCUT2D eigenvalue weighted by atomic mass is 10.2. The molecule has 0 unspecified atom stereocenters. The lowest BCUT2D eigenvalue weighted by molar-refractivity contribution is 0.686. The molecular formula is C16H14Cl2N4OS. The van der Waals surface area contributed by atoms with E-state index in [0.29, 0.717) is 34.8 Å². The Morgan fingerprint density at radius 1 is 0.750 bits per heavy atom. The van der Waals surface area contributed by atoms with Crippen LogP contribution >= 0.6 is 23.2 Å². The number of halogens is 2. The van der Waals surface area contributed by atoms with Crippen molar-refractivity contribution in [1.29, 1.82) is 0 Å². The van der Waals surface area contributed by atoms with Crippen molar-refractivity contribution < 1.29 is 4.21 Å². The van der Waals surface area contributed by atoms with Gasteiger partial charge in [-0.05, 0) is 35.4 Å². The minimum Gasteiger partial charge on any atom is -0.362 e. The lowest BCUT2D eigenvalue weighted by Crippen LogP contribution is -2.37. The summed E-state index contributed by atoms with van der Waals surface area (Å²) in [5.41, 5.74) is 2.08. The van der Waals surface area contributed by atoms with Crippen molar-refractivity contribution in [3.05, 3.63) is 69.7 Å². The predicted molar refractivity (Wildman–Crippen MR) is 99.6 cm³/mol. The van der Waals surface area contributed by atoms with E-state index in [9.17, 15) is 4.21 Å². The third-order valence-corrected chi connectivity index (χ3v) is 4.49. The topological polar surface area (TPSA) is 65.8 Å². The van der Waals surface area contributed by atoms with E-state index in [4.69, 9.17) is 23.2 Å². The van der Waals surface area contributed by atoms with Gasteiger partial charge in [0.15, 0.2) is 11.7 Å². The zero-order valence-corrected chi connectivity index (χ0v) is 14.8. The molecule has 2 N–H and O–H groups in total. The average molecular weight is 381 g/mol. The number of hydrogen-bond acceptors (Lipinski definition) is 3. The van der Waals surface area contributed by atoms with E-state index in [-0.39, 0.29) is 0 Å². The quantitative estimate of drug-likeness (QED) is 0.855. The van der Waals surface area contributed by atoms with Gasteiger partial charge in [0, 0.05) is 23.1 Å². The predicted octanol–water partition coefficient (Wildman–Crippen LogP) is 3.26. The van der Waals surface area contributed by atoms with Gasteiger partial charge in [0.2, 0.25) is 0 Å². The van der Waals surface area contributed by atoms with E-state index in [1.54, 1.807) is 0 Å². The highest BCUT2D eigenvalue weighted by Crippen LogP contribution is 2.11. The van der Waals surface area contributed by atoms with Gasteiger partial charge in [-0.3, -0.25) is 0 Å². The zero-order chi connectivity index (χ0) is 16.9. The number of benzene rings is 2. The maximum absolute atomic E-state index is 11.6. The van der Waals surface area contributed by atoms with Gasteiger partial charge in [0.25, 0.3) is 11.2 Å². The van der Waals surface area contributed by atoms with Gasteiger partial charge in [-0.25, -0.2) is 4.21 Å². The van der Waals surface area contributed by atoms with Crippen LogP contribution in [0.25, 0.3) is 0 Å². The second kappa shape index (κ2) is 7.79. The van der Waals surface area contributed by atoms with Gasteiger partial charge < -0.3 is 10.6 Å². The normalized spacial score (nSPS) is 14.2. The molecular weight excluding hydrogens is 367 g/mol. The molecule has 0 bridgehead atoms. The van der Waals surface area contributed by atoms with Crippen molar-refractivity contribution in [2.24, 2.45) is 8.80 Å². The molecule has 2 aromatic rings. The Labute approximate surface area is 152 Å². The van der Waals surface area contributed by atoms with Crippen LogP contribution < -0.4 is 10.6 Å². The van der Waals surface area contributed by atoms with Crippen molar-refractivity contribution in [2.75, 3.05) is 0 Å². The van der Waals surface area contributed by atoms with Gasteiger partial charge in [-0.2, -0.15) is 0 Å². The van der Waals surface area contributed by atoms with Crippen molar-refractivity contribution in [3.8, 4) is 0 Å². The van der Waals surface area contributed by atoms with Gasteiger partial charge in [0.05, 0.1) is 0 Å². The monoisotopic (exact) mass is 380 g/mol. The van der Waals surface area contributed by atoms with Crippen LogP contribution in [0, 0.1) is 0 Å². The first-order valence-electron chi connectivity index (χ1n) is 7.16. The van der Waals surface area contributed by atoms with Crippen LogP contribution in [0.5, 0.6) is 0 Å². The molecule has 0 saturated carbocycles. The van der Waals surface area contributed by atoms with E-state index in [0.717, 1.165) is 11.1 Å². The highest BCUT2D eigenvalue weighted by molar-refractivity contribution is 7.83. The summed E-state index contributed by atoms with van der Waals surface area (Å²) in [5.74, 6) is 0.967. The Hall–Kier alpha value is -1.89. The van der Waals surface area contributed by atoms with Gasteiger partial charge in [0.1, 0.15) is 0 Å². The maximum Gasteiger partial charge on any atom is 0.269 e. The molecule has 0 aliphatic carbocycles. The first kappa shape index (κ1) is 17.0. The fourth-order valence-corrected chi connectivity index (χ4v) is 2.98. The fraction of sp³-hybridized carbons (Fsp3) is 0.125. The Morgan fingerprint density at radius 2 is 1.12 bits per heavy atom. The molecule has 5 nitrogen and oxygen atoms in total. The number of nitrogens with zero attached hydrogens (tertiary/aromatic N) is 2. The molecule has 2 aromatic carbocycles. The highest BCUT2D eigenvalue weighted by atomic mass is 35.5. The summed E-state index contributed by atoms with van der Waals surface area (Å²) in [7, 11) is 0. The highest BCUT2D eigenvalue weighted by Gasteiger charge is 2.18. The summed E-state index contributed by atoms with van der Waals surface area (Å²) < 4.78 is 19.6. The van der Waals surface area contributed by atoms with Crippen LogP contribution in [0.2, 0.25) is 10.0 Å². The molecule has 0 aromatic heterocycles. The largest absolute Gasteiger partial charge is 0.362 e. The average Bonchev–Trinajstić information content (AvgIpc) is 2.94. The van der Waals surface area contributed by atoms with E-state index in [2.05, 4.69) is 19.4 Å². The van der Waals surface area contributed by atoms with Crippen LogP contribution in [0.15, 0.2) is 57.3 Å². The molecule has 1 heterocycles. The smallest absolute Gasteiger partial charge is 0.269 e. The van der Waals surface area contributed by atoms with Gasteiger partial charge in [-0.1, -0.05) is 47.5 Å². The third-order valence-electron chi connectivity index (χ3n) is 3.31. The van der Waals surface area contributed by atoms with E-state index < -0.39 is 11.2 Å². The van der Waals surface area contributed by atoms with Crippen molar-refractivity contribution in [3.63, 3.8) is 0 Å². The first-order chi connectivity index (χ1) is 11.6. The summed E-state index contributed by atoms with van der Waals surface area (Å²) in [6.07, 6.45) is 0. The minimum atomic E-state index is -1.60. The number of hydrogen-bond donors (Lipinski definition) is 2. The van der Waals surface area contributed by atoms with Crippen LogP contribution in [0.4, 0.5) is 0 Å². The second-order valence-corrected chi connectivity index (χ2v) is 6.77. The van der Waals surface area contributed by atoms with E-state index >= 15 is 0 Å². The van der Waals surface area contributed by atoms with Crippen LogP contribution in [-0.4, -0.2) is 15.9 Å². The molecule has 0 radical (unpaired) electrons. The first-order valence-corrected chi connectivity index (χ1v) is 8.98. The Bertz CT molecular complexity index is 736. The molecule has 0 saturated heterocycles. The Morgan fingerprint density at radius 3 is 1.50 bits per heavy atom. The summed E-state index contributed by atoms with van der Waals surface area (Å²) in [6, 6.07) is 14.9. The molecule has 1 aliphatic rings. The van der Waals surface area contributed by atoms with Crippen LogP contribution in [-0.2, 0) is 24.3 Å². The third kappa shape index (κ3) is 4.56. The SMILES string of the molecule is O=S1N=C(NCc2ccc(Cl)cc2)C(NCc2ccc(Cl)cc2)=N1. The molecule has 0 amide bonds. The standard InChI is InChI=1S/C16H14Cl2N4OS/c17-13-5-1-11(2-6-13)9-19-15-16(22-24(23)21-15)20-10-12-3-7-14(18)8-4-12/h1-8H,9-10H2,(H,19,21)(H,20,22). The lowest BCUT2D eigenvalue weighted by Gasteiger charge is -2.10. The van der Waals surface area contributed by atoms with Crippen LogP contribution in [0.3, 0.4) is 0 Å². The van der Waals surface area contributed by atoms with E-state index in [1.165, 1.54) is 0 Å². The second-order valence-electron chi connectivity index (χ2n) is 5.07. The Balaban J connectivity index is 1.59. The molecule has 0 atom stereocenters. The van der Waals surface area contributed by atoms with Gasteiger partial charge in [-0.15, -0.1) is 8.80 Å². The molecule has 124 valence electrons. The number of nitrogens with one attached hydrogen (secondary N) is 2. The molecule has 1 aliphatic heterocycles.